The number of rotatable bonds is 1. The third-order valence-corrected chi connectivity index (χ3v) is 2.66. The Kier molecular flexibility index (Phi) is 2.55. The second-order valence-corrected chi connectivity index (χ2v) is 3.87. The van der Waals surface area contributed by atoms with Crippen LogP contribution in [0.5, 0.6) is 0 Å². The van der Waals surface area contributed by atoms with E-state index < -0.39 is 23.0 Å². The first-order valence-electron chi connectivity index (χ1n) is 5.31. The second-order valence-electron chi connectivity index (χ2n) is 3.87. The van der Waals surface area contributed by atoms with Gasteiger partial charge >= 0.3 is 0 Å². The maximum absolute atomic E-state index is 13.6. The van der Waals surface area contributed by atoms with Gasteiger partial charge in [-0.3, -0.25) is 0 Å². The van der Waals surface area contributed by atoms with Gasteiger partial charge in [-0.05, 0) is 0 Å². The molecule has 2 aromatic rings. The first-order chi connectivity index (χ1) is 8.65. The van der Waals surface area contributed by atoms with Crippen LogP contribution in [0.3, 0.4) is 0 Å². The Hall–Kier alpha value is -1.89. The summed E-state index contributed by atoms with van der Waals surface area (Å²) in [7, 11) is 0. The van der Waals surface area contributed by atoms with E-state index in [0.717, 1.165) is 0 Å². The maximum atomic E-state index is 13.6. The zero-order chi connectivity index (χ0) is 12.7. The Morgan fingerprint density at radius 3 is 2.56 bits per heavy atom. The van der Waals surface area contributed by atoms with Crippen molar-refractivity contribution in [3.05, 3.63) is 35.4 Å². The van der Waals surface area contributed by atoms with Crippen molar-refractivity contribution in [1.29, 1.82) is 0 Å². The summed E-state index contributed by atoms with van der Waals surface area (Å²) in [6.45, 7) is 1.20. The fourth-order valence-corrected chi connectivity index (χ4v) is 1.84. The molecule has 0 atom stereocenters. The highest BCUT2D eigenvalue weighted by Gasteiger charge is 2.21. The summed E-state index contributed by atoms with van der Waals surface area (Å²) >= 11 is 0. The van der Waals surface area contributed by atoms with E-state index in [1.54, 1.807) is 0 Å². The van der Waals surface area contributed by atoms with Crippen LogP contribution >= 0.6 is 0 Å². The predicted octanol–water partition coefficient (Wildman–Crippen LogP) is 1.89. The third kappa shape index (κ3) is 1.76. The smallest absolute Gasteiger partial charge is 0.187 e. The van der Waals surface area contributed by atoms with E-state index in [1.165, 1.54) is 4.68 Å². The Balaban J connectivity index is 2.12. The molecule has 0 N–H and O–H groups in total. The number of benzene rings is 1. The Morgan fingerprint density at radius 2 is 1.89 bits per heavy atom. The van der Waals surface area contributed by atoms with E-state index in [1.807, 2.05) is 0 Å². The van der Waals surface area contributed by atoms with Crippen molar-refractivity contribution >= 4 is 0 Å². The number of aromatic nitrogens is 3. The first-order valence-corrected chi connectivity index (χ1v) is 5.31. The molecule has 18 heavy (non-hydrogen) atoms. The molecule has 0 amide bonds. The molecule has 0 saturated carbocycles. The summed E-state index contributed by atoms with van der Waals surface area (Å²) in [6.07, 6.45) is 0. The molecular weight excluding hydrogens is 247 g/mol. The molecule has 0 saturated heterocycles. The molecule has 2 heterocycles. The summed E-state index contributed by atoms with van der Waals surface area (Å²) in [5.74, 6) is -2.60. The Bertz CT molecular complexity index is 565. The van der Waals surface area contributed by atoms with Crippen molar-refractivity contribution in [2.75, 3.05) is 6.61 Å². The lowest BCUT2D eigenvalue weighted by Gasteiger charge is -2.11. The molecule has 7 heteroatoms. The van der Waals surface area contributed by atoms with Gasteiger partial charge in [0.15, 0.2) is 11.6 Å². The predicted molar refractivity (Wildman–Crippen MR) is 55.0 cm³/mol. The van der Waals surface area contributed by atoms with Crippen LogP contribution in [0.4, 0.5) is 13.2 Å². The molecule has 0 aliphatic carbocycles. The van der Waals surface area contributed by atoms with Crippen molar-refractivity contribution in [3.63, 3.8) is 0 Å². The van der Waals surface area contributed by atoms with Gasteiger partial charge in [0, 0.05) is 12.1 Å². The van der Waals surface area contributed by atoms with E-state index in [9.17, 15) is 13.2 Å². The van der Waals surface area contributed by atoms with Crippen LogP contribution in [0.2, 0.25) is 0 Å². The molecule has 0 bridgehead atoms. The van der Waals surface area contributed by atoms with E-state index in [0.29, 0.717) is 31.1 Å². The minimum atomic E-state index is -1.02. The second kappa shape index (κ2) is 4.09. The van der Waals surface area contributed by atoms with Crippen LogP contribution in [0.1, 0.15) is 5.82 Å². The van der Waals surface area contributed by atoms with Crippen molar-refractivity contribution < 1.29 is 17.9 Å². The van der Waals surface area contributed by atoms with Crippen LogP contribution in [0.15, 0.2) is 12.1 Å². The quantitative estimate of drug-likeness (QED) is 0.781. The fraction of sp³-hybridized carbons (Fsp3) is 0.273. The first kappa shape index (κ1) is 11.2. The normalized spacial score (nSPS) is 14.6. The van der Waals surface area contributed by atoms with Crippen LogP contribution in [0.25, 0.3) is 11.4 Å². The van der Waals surface area contributed by atoms with Crippen LogP contribution < -0.4 is 0 Å². The number of fused-ring (bicyclic) bond motifs is 1. The zero-order valence-electron chi connectivity index (χ0n) is 9.16. The van der Waals surface area contributed by atoms with Gasteiger partial charge in [-0.15, -0.1) is 0 Å². The van der Waals surface area contributed by atoms with E-state index >= 15 is 0 Å². The highest BCUT2D eigenvalue weighted by atomic mass is 19.1. The molecule has 4 nitrogen and oxygen atoms in total. The summed E-state index contributed by atoms with van der Waals surface area (Å²) in [4.78, 5) is 4.00. The highest BCUT2D eigenvalue weighted by Crippen LogP contribution is 2.25. The van der Waals surface area contributed by atoms with Gasteiger partial charge in [0.2, 0.25) is 0 Å². The summed E-state index contributed by atoms with van der Waals surface area (Å²) in [6, 6.07) is 1.21. The van der Waals surface area contributed by atoms with Gasteiger partial charge in [-0.25, -0.2) is 22.8 Å². The molecule has 0 spiro atoms. The van der Waals surface area contributed by atoms with Gasteiger partial charge < -0.3 is 4.74 Å². The van der Waals surface area contributed by atoms with Gasteiger partial charge in [0.05, 0.1) is 18.7 Å². The number of halogens is 3. The van der Waals surface area contributed by atoms with E-state index in [2.05, 4.69) is 10.1 Å². The summed E-state index contributed by atoms with van der Waals surface area (Å²) in [5, 5.41) is 4.00. The summed E-state index contributed by atoms with van der Waals surface area (Å²) < 4.78 is 46.6. The van der Waals surface area contributed by atoms with Gasteiger partial charge in [0.1, 0.15) is 24.1 Å². The van der Waals surface area contributed by atoms with Gasteiger partial charge in [-0.1, -0.05) is 0 Å². The van der Waals surface area contributed by atoms with Crippen molar-refractivity contribution in [2.24, 2.45) is 0 Å². The van der Waals surface area contributed by atoms with Crippen LogP contribution in [-0.2, 0) is 17.9 Å². The third-order valence-electron chi connectivity index (χ3n) is 2.66. The monoisotopic (exact) mass is 255 g/mol. The lowest BCUT2D eigenvalue weighted by Crippen LogP contribution is -2.17. The molecule has 0 unspecified atom stereocenters. The maximum Gasteiger partial charge on any atom is 0.187 e. The molecule has 94 valence electrons. The SMILES string of the molecule is Fc1cc(F)c(-c2nc3n(n2)CCOC3)c(F)c1. The number of hydrogen-bond donors (Lipinski definition) is 0. The largest absolute Gasteiger partial charge is 0.372 e. The standard InChI is InChI=1S/C11H8F3N3O/c12-6-3-7(13)10(8(14)4-6)11-15-9-5-18-2-1-17(9)16-11/h3-4H,1-2,5H2. The van der Waals surface area contributed by atoms with Crippen molar-refractivity contribution in [3.8, 4) is 11.4 Å². The highest BCUT2D eigenvalue weighted by molar-refractivity contribution is 5.56. The van der Waals surface area contributed by atoms with Crippen molar-refractivity contribution in [1.82, 2.24) is 14.8 Å². The zero-order valence-corrected chi connectivity index (χ0v) is 9.16. The van der Waals surface area contributed by atoms with E-state index in [-0.39, 0.29) is 12.4 Å². The van der Waals surface area contributed by atoms with Gasteiger partial charge in [-0.2, -0.15) is 5.10 Å². The lowest BCUT2D eigenvalue weighted by molar-refractivity contribution is 0.0769. The molecule has 1 aromatic carbocycles. The molecule has 0 radical (unpaired) electrons. The molecule has 1 aliphatic rings. The average Bonchev–Trinajstić information content (AvgIpc) is 2.70. The number of hydrogen-bond acceptors (Lipinski definition) is 3. The van der Waals surface area contributed by atoms with E-state index in [4.69, 9.17) is 4.74 Å². The molecule has 0 fully saturated rings. The molecule has 1 aliphatic heterocycles. The lowest BCUT2D eigenvalue weighted by atomic mass is 10.2. The van der Waals surface area contributed by atoms with Crippen molar-refractivity contribution in [2.45, 2.75) is 13.2 Å². The Morgan fingerprint density at radius 1 is 1.17 bits per heavy atom. The fourth-order valence-electron chi connectivity index (χ4n) is 1.84. The molecular formula is C11H8F3N3O. The minimum absolute atomic E-state index is 0.0921. The molecule has 1 aromatic heterocycles. The summed E-state index contributed by atoms with van der Waals surface area (Å²) in [5.41, 5.74) is -0.418. The average molecular weight is 255 g/mol. The van der Waals surface area contributed by atoms with Crippen LogP contribution in [0, 0.1) is 17.5 Å². The minimum Gasteiger partial charge on any atom is -0.372 e. The van der Waals surface area contributed by atoms with Crippen LogP contribution in [-0.4, -0.2) is 21.4 Å². The molecule has 3 rings (SSSR count). The number of ether oxygens (including phenoxy) is 1. The van der Waals surface area contributed by atoms with Gasteiger partial charge in [0.25, 0.3) is 0 Å². The Labute approximate surface area is 100 Å². The number of nitrogens with zero attached hydrogens (tertiary/aromatic N) is 3. The topological polar surface area (TPSA) is 39.9 Å².